The third-order valence-corrected chi connectivity index (χ3v) is 5.43. The van der Waals surface area contributed by atoms with Gasteiger partial charge < -0.3 is 14.8 Å². The van der Waals surface area contributed by atoms with E-state index < -0.39 is 0 Å². The lowest BCUT2D eigenvalue weighted by atomic mass is 9.74. The summed E-state index contributed by atoms with van der Waals surface area (Å²) >= 11 is 0. The highest BCUT2D eigenvalue weighted by molar-refractivity contribution is 4.90. The molecule has 0 spiro atoms. The molecule has 0 aromatic rings. The average Bonchev–Trinajstić information content (AvgIpc) is 2.52. The first-order valence-electron chi connectivity index (χ1n) is 9.11. The molecule has 1 N–H and O–H groups in total. The van der Waals surface area contributed by atoms with E-state index in [-0.39, 0.29) is 5.60 Å². The normalized spacial score (nSPS) is 34.3. The second-order valence-corrected chi connectivity index (χ2v) is 7.34. The SMILES string of the molecule is CCNCC1(OCC2CCCCO2)CCC(C(C)C)CC1. The minimum absolute atomic E-state index is 0.0577. The van der Waals surface area contributed by atoms with Gasteiger partial charge in [-0.25, -0.2) is 0 Å². The number of hydrogen-bond donors (Lipinski definition) is 1. The van der Waals surface area contributed by atoms with E-state index in [0.29, 0.717) is 6.10 Å². The fraction of sp³-hybridized carbons (Fsp3) is 1.00. The molecule has 1 saturated carbocycles. The molecule has 1 atom stereocenters. The molecule has 3 nitrogen and oxygen atoms in total. The fourth-order valence-corrected chi connectivity index (χ4v) is 3.77. The molecule has 1 saturated heterocycles. The minimum atomic E-state index is 0.0577. The first kappa shape index (κ1) is 17.2. The molecule has 0 radical (unpaired) electrons. The molecule has 3 heteroatoms. The predicted molar refractivity (Wildman–Crippen MR) is 87.6 cm³/mol. The van der Waals surface area contributed by atoms with E-state index in [1.165, 1.54) is 44.9 Å². The standard InChI is InChI=1S/C18H35NO2/c1-4-19-14-18(10-8-16(9-11-18)15(2)3)21-13-17-7-5-6-12-20-17/h15-17,19H,4-14H2,1-3H3. The summed E-state index contributed by atoms with van der Waals surface area (Å²) in [6, 6.07) is 0. The summed E-state index contributed by atoms with van der Waals surface area (Å²) < 4.78 is 12.3. The average molecular weight is 297 g/mol. The van der Waals surface area contributed by atoms with E-state index in [9.17, 15) is 0 Å². The maximum absolute atomic E-state index is 6.45. The molecule has 0 amide bonds. The van der Waals surface area contributed by atoms with E-state index in [0.717, 1.165) is 38.1 Å². The van der Waals surface area contributed by atoms with Gasteiger partial charge in [-0.2, -0.15) is 0 Å². The van der Waals surface area contributed by atoms with Crippen LogP contribution in [0.4, 0.5) is 0 Å². The number of hydrogen-bond acceptors (Lipinski definition) is 3. The molecule has 124 valence electrons. The Bertz CT molecular complexity index is 279. The summed E-state index contributed by atoms with van der Waals surface area (Å²) in [4.78, 5) is 0. The van der Waals surface area contributed by atoms with E-state index in [4.69, 9.17) is 9.47 Å². The number of rotatable bonds is 7. The highest BCUT2D eigenvalue weighted by Gasteiger charge is 2.37. The summed E-state index contributed by atoms with van der Waals surface area (Å²) in [6.07, 6.45) is 9.05. The maximum Gasteiger partial charge on any atom is 0.0808 e. The zero-order valence-corrected chi connectivity index (χ0v) is 14.3. The first-order valence-corrected chi connectivity index (χ1v) is 9.11. The molecule has 21 heavy (non-hydrogen) atoms. The lowest BCUT2D eigenvalue weighted by molar-refractivity contribution is -0.125. The number of ether oxygens (including phenoxy) is 2. The summed E-state index contributed by atoms with van der Waals surface area (Å²) in [6.45, 7) is 10.6. The van der Waals surface area contributed by atoms with E-state index in [2.05, 4.69) is 26.1 Å². The number of nitrogens with one attached hydrogen (secondary N) is 1. The lowest BCUT2D eigenvalue weighted by Gasteiger charge is -2.42. The summed E-state index contributed by atoms with van der Waals surface area (Å²) in [5.41, 5.74) is 0.0577. The van der Waals surface area contributed by atoms with Crippen molar-refractivity contribution in [2.24, 2.45) is 11.8 Å². The van der Waals surface area contributed by atoms with Crippen LogP contribution in [0.5, 0.6) is 0 Å². The topological polar surface area (TPSA) is 30.5 Å². The Morgan fingerprint density at radius 1 is 1.19 bits per heavy atom. The molecular weight excluding hydrogens is 262 g/mol. The van der Waals surface area contributed by atoms with Crippen LogP contribution < -0.4 is 5.32 Å². The Hall–Kier alpha value is -0.120. The molecular formula is C18H35NO2. The van der Waals surface area contributed by atoms with Gasteiger partial charge in [-0.15, -0.1) is 0 Å². The molecule has 1 heterocycles. The van der Waals surface area contributed by atoms with Crippen LogP contribution in [0.1, 0.15) is 65.7 Å². The van der Waals surface area contributed by atoms with Crippen molar-refractivity contribution in [3.63, 3.8) is 0 Å². The largest absolute Gasteiger partial charge is 0.376 e. The second kappa shape index (κ2) is 8.50. The zero-order chi connectivity index (χ0) is 15.1. The predicted octanol–water partition coefficient (Wildman–Crippen LogP) is 3.77. The number of likely N-dealkylation sites (N-methyl/N-ethyl adjacent to an activating group) is 1. The van der Waals surface area contributed by atoms with Crippen molar-refractivity contribution in [3.8, 4) is 0 Å². The molecule has 0 bridgehead atoms. The van der Waals surface area contributed by atoms with Crippen LogP contribution in [0.15, 0.2) is 0 Å². The third kappa shape index (κ3) is 5.22. The molecule has 0 aromatic carbocycles. The molecule has 0 aromatic heterocycles. The van der Waals surface area contributed by atoms with Crippen LogP contribution in [0.2, 0.25) is 0 Å². The Morgan fingerprint density at radius 2 is 1.95 bits per heavy atom. The van der Waals surface area contributed by atoms with Gasteiger partial charge in [0, 0.05) is 13.2 Å². The third-order valence-electron chi connectivity index (χ3n) is 5.43. The summed E-state index contributed by atoms with van der Waals surface area (Å²) in [5, 5.41) is 3.52. The van der Waals surface area contributed by atoms with E-state index in [1.807, 2.05) is 0 Å². The monoisotopic (exact) mass is 297 g/mol. The highest BCUT2D eigenvalue weighted by Crippen LogP contribution is 2.38. The lowest BCUT2D eigenvalue weighted by Crippen LogP contribution is -2.48. The van der Waals surface area contributed by atoms with Crippen LogP contribution in [0.25, 0.3) is 0 Å². The Balaban J connectivity index is 1.84. The van der Waals surface area contributed by atoms with Gasteiger partial charge in [-0.1, -0.05) is 20.8 Å². The van der Waals surface area contributed by atoms with Crippen LogP contribution in [-0.2, 0) is 9.47 Å². The van der Waals surface area contributed by atoms with Gasteiger partial charge >= 0.3 is 0 Å². The molecule has 2 fully saturated rings. The van der Waals surface area contributed by atoms with Crippen molar-refractivity contribution in [3.05, 3.63) is 0 Å². The second-order valence-electron chi connectivity index (χ2n) is 7.34. The van der Waals surface area contributed by atoms with Crippen molar-refractivity contribution in [1.29, 1.82) is 0 Å². The Labute approximate surface area is 131 Å². The molecule has 2 aliphatic rings. The molecule has 1 aliphatic heterocycles. The van der Waals surface area contributed by atoms with E-state index in [1.54, 1.807) is 0 Å². The van der Waals surface area contributed by atoms with Gasteiger partial charge in [-0.3, -0.25) is 0 Å². The van der Waals surface area contributed by atoms with Crippen LogP contribution in [0.3, 0.4) is 0 Å². The minimum Gasteiger partial charge on any atom is -0.376 e. The zero-order valence-electron chi connectivity index (χ0n) is 14.3. The van der Waals surface area contributed by atoms with Crippen LogP contribution >= 0.6 is 0 Å². The van der Waals surface area contributed by atoms with Crippen molar-refractivity contribution in [1.82, 2.24) is 5.32 Å². The first-order chi connectivity index (χ1) is 10.2. The highest BCUT2D eigenvalue weighted by atomic mass is 16.5. The Morgan fingerprint density at radius 3 is 2.52 bits per heavy atom. The molecule has 1 aliphatic carbocycles. The van der Waals surface area contributed by atoms with Gasteiger partial charge in [-0.05, 0) is 63.3 Å². The van der Waals surface area contributed by atoms with Crippen LogP contribution in [-0.4, -0.2) is 38.0 Å². The quantitative estimate of drug-likeness (QED) is 0.776. The molecule has 1 unspecified atom stereocenters. The van der Waals surface area contributed by atoms with E-state index >= 15 is 0 Å². The van der Waals surface area contributed by atoms with Gasteiger partial charge in [0.2, 0.25) is 0 Å². The van der Waals surface area contributed by atoms with Gasteiger partial charge in [0.05, 0.1) is 18.3 Å². The Kier molecular flexibility index (Phi) is 6.97. The van der Waals surface area contributed by atoms with Crippen molar-refractivity contribution >= 4 is 0 Å². The fourth-order valence-electron chi connectivity index (χ4n) is 3.77. The van der Waals surface area contributed by atoms with Gasteiger partial charge in [0.1, 0.15) is 0 Å². The molecule has 2 rings (SSSR count). The van der Waals surface area contributed by atoms with Crippen molar-refractivity contribution < 1.29 is 9.47 Å². The smallest absolute Gasteiger partial charge is 0.0808 e. The summed E-state index contributed by atoms with van der Waals surface area (Å²) in [7, 11) is 0. The van der Waals surface area contributed by atoms with Crippen molar-refractivity contribution in [2.75, 3.05) is 26.3 Å². The van der Waals surface area contributed by atoms with Crippen molar-refractivity contribution in [2.45, 2.75) is 77.4 Å². The van der Waals surface area contributed by atoms with Crippen LogP contribution in [0, 0.1) is 11.8 Å². The summed E-state index contributed by atoms with van der Waals surface area (Å²) in [5.74, 6) is 1.69. The van der Waals surface area contributed by atoms with Gasteiger partial charge in [0.15, 0.2) is 0 Å². The van der Waals surface area contributed by atoms with Gasteiger partial charge in [0.25, 0.3) is 0 Å². The maximum atomic E-state index is 6.45.